The molecule has 26 heavy (non-hydrogen) atoms. The topological polar surface area (TPSA) is 130 Å². The van der Waals surface area contributed by atoms with Crippen LogP contribution in [0.3, 0.4) is 0 Å². The number of carbonyl (C=O) groups is 1. The van der Waals surface area contributed by atoms with Gasteiger partial charge in [-0.1, -0.05) is 0 Å². The van der Waals surface area contributed by atoms with E-state index in [0.717, 1.165) is 17.7 Å². The molecule has 10 heteroatoms. The molecular weight excluding hydrogens is 358 g/mol. The molecule has 0 atom stereocenters. The van der Waals surface area contributed by atoms with Crippen molar-refractivity contribution in [1.29, 1.82) is 0 Å². The van der Waals surface area contributed by atoms with Crippen molar-refractivity contribution in [2.24, 2.45) is 0 Å². The molecule has 3 N–H and O–H groups in total. The van der Waals surface area contributed by atoms with Crippen molar-refractivity contribution in [3.8, 4) is 11.1 Å². The number of nitrogens with zero attached hydrogens (tertiary/aromatic N) is 4. The van der Waals surface area contributed by atoms with Gasteiger partial charge in [0.1, 0.15) is 16.5 Å². The molecule has 2 aromatic heterocycles. The highest BCUT2D eigenvalue weighted by Crippen LogP contribution is 2.29. The number of nitrogens with two attached hydrogens (primary N) is 1. The molecule has 0 aromatic carbocycles. The Morgan fingerprint density at radius 1 is 1.23 bits per heavy atom. The van der Waals surface area contributed by atoms with Crippen molar-refractivity contribution in [2.45, 2.75) is 17.7 Å². The Kier molecular flexibility index (Phi) is 4.79. The maximum absolute atomic E-state index is 12.8. The van der Waals surface area contributed by atoms with Gasteiger partial charge in [0.05, 0.1) is 0 Å². The summed E-state index contributed by atoms with van der Waals surface area (Å²) < 4.78 is 27.0. The van der Waals surface area contributed by atoms with Gasteiger partial charge in [-0.25, -0.2) is 23.2 Å². The average molecular weight is 377 g/mol. The summed E-state index contributed by atoms with van der Waals surface area (Å²) in [4.78, 5) is 20.1. The van der Waals surface area contributed by atoms with Gasteiger partial charge >= 0.3 is 6.09 Å². The van der Waals surface area contributed by atoms with E-state index >= 15 is 0 Å². The van der Waals surface area contributed by atoms with Crippen LogP contribution in [0.4, 0.5) is 16.4 Å². The van der Waals surface area contributed by atoms with Gasteiger partial charge in [-0.2, -0.15) is 4.31 Å². The number of carboxylic acid groups (broad SMARTS) is 1. The summed E-state index contributed by atoms with van der Waals surface area (Å²) >= 11 is 0. The zero-order chi connectivity index (χ0) is 18.9. The number of hydrogen-bond acceptors (Lipinski definition) is 6. The van der Waals surface area contributed by atoms with Crippen molar-refractivity contribution >= 4 is 27.8 Å². The zero-order valence-electron chi connectivity index (χ0n) is 14.2. The first-order valence-corrected chi connectivity index (χ1v) is 9.43. The lowest BCUT2D eigenvalue weighted by Crippen LogP contribution is -2.28. The molecule has 0 saturated carbocycles. The maximum Gasteiger partial charge on any atom is 0.412 e. The fraction of sp³-hybridized carbons (Fsp3) is 0.312. The van der Waals surface area contributed by atoms with Gasteiger partial charge < -0.3 is 10.8 Å². The van der Waals surface area contributed by atoms with Gasteiger partial charge in [-0.05, 0) is 36.6 Å². The van der Waals surface area contributed by atoms with E-state index in [1.165, 1.54) is 29.8 Å². The summed E-state index contributed by atoms with van der Waals surface area (Å²) in [6, 6.07) is 4.67. The molecule has 1 fully saturated rings. The standard InChI is InChI=1S/C16H19N5O4S/c1-20(16(22)23)14-9-11(4-5-18-14)12-8-13(15(17)19-10-12)26(24,25)21-6-2-3-7-21/h4-5,8-10H,2-3,6-7H2,1H3,(H2,17,19)(H,22,23). The molecule has 3 heterocycles. The number of nitrogen functional groups attached to an aromatic ring is 1. The van der Waals surface area contributed by atoms with E-state index in [-0.39, 0.29) is 16.5 Å². The van der Waals surface area contributed by atoms with Crippen LogP contribution in [-0.4, -0.2) is 54.0 Å². The first kappa shape index (κ1) is 18.1. The van der Waals surface area contributed by atoms with E-state index in [9.17, 15) is 13.2 Å². The zero-order valence-corrected chi connectivity index (χ0v) is 15.0. The highest BCUT2D eigenvalue weighted by atomic mass is 32.2. The third kappa shape index (κ3) is 3.33. The van der Waals surface area contributed by atoms with E-state index in [0.29, 0.717) is 24.2 Å². The first-order valence-electron chi connectivity index (χ1n) is 7.99. The minimum Gasteiger partial charge on any atom is -0.465 e. The third-order valence-electron chi connectivity index (χ3n) is 4.27. The molecule has 0 unspecified atom stereocenters. The lowest BCUT2D eigenvalue weighted by Gasteiger charge is -2.17. The Labute approximate surface area is 151 Å². The van der Waals surface area contributed by atoms with Crippen molar-refractivity contribution in [3.63, 3.8) is 0 Å². The van der Waals surface area contributed by atoms with Crippen molar-refractivity contribution in [2.75, 3.05) is 30.8 Å². The van der Waals surface area contributed by atoms with E-state index in [4.69, 9.17) is 10.8 Å². The number of sulfonamides is 1. The molecule has 0 aliphatic carbocycles. The molecule has 0 spiro atoms. The summed E-state index contributed by atoms with van der Waals surface area (Å²) in [5, 5.41) is 9.08. The van der Waals surface area contributed by atoms with Crippen LogP contribution < -0.4 is 10.6 Å². The lowest BCUT2D eigenvalue weighted by molar-refractivity contribution is 0.203. The molecule has 3 rings (SSSR count). The predicted molar refractivity (Wildman–Crippen MR) is 96.3 cm³/mol. The molecule has 1 aliphatic rings. The lowest BCUT2D eigenvalue weighted by atomic mass is 10.1. The molecule has 138 valence electrons. The largest absolute Gasteiger partial charge is 0.465 e. The Hall–Kier alpha value is -2.72. The Morgan fingerprint density at radius 2 is 1.92 bits per heavy atom. The van der Waals surface area contributed by atoms with Gasteiger partial charge in [-0.15, -0.1) is 0 Å². The summed E-state index contributed by atoms with van der Waals surface area (Å²) in [6.07, 6.45) is 3.40. The van der Waals surface area contributed by atoms with Gasteiger partial charge in [0.2, 0.25) is 10.0 Å². The number of rotatable bonds is 4. The van der Waals surface area contributed by atoms with E-state index in [1.807, 2.05) is 0 Å². The molecular formula is C16H19N5O4S. The normalized spacial score (nSPS) is 15.1. The van der Waals surface area contributed by atoms with Crippen LogP contribution in [0.1, 0.15) is 12.8 Å². The quantitative estimate of drug-likeness (QED) is 0.828. The number of anilines is 2. The van der Waals surface area contributed by atoms with Crippen LogP contribution in [-0.2, 0) is 10.0 Å². The molecule has 2 aromatic rings. The fourth-order valence-electron chi connectivity index (χ4n) is 2.77. The number of hydrogen-bond donors (Lipinski definition) is 2. The second kappa shape index (κ2) is 6.89. The summed E-state index contributed by atoms with van der Waals surface area (Å²) in [5.41, 5.74) is 6.93. The molecule has 0 radical (unpaired) electrons. The molecule has 1 saturated heterocycles. The minimum absolute atomic E-state index is 0.0400. The fourth-order valence-corrected chi connectivity index (χ4v) is 4.38. The highest BCUT2D eigenvalue weighted by molar-refractivity contribution is 7.89. The van der Waals surface area contributed by atoms with Crippen LogP contribution in [0.5, 0.6) is 0 Å². The van der Waals surface area contributed by atoms with Crippen LogP contribution in [0, 0.1) is 0 Å². The molecule has 1 aliphatic heterocycles. The highest BCUT2D eigenvalue weighted by Gasteiger charge is 2.29. The van der Waals surface area contributed by atoms with Crippen LogP contribution in [0.15, 0.2) is 35.5 Å². The number of aromatic nitrogens is 2. The Bertz CT molecular complexity index is 941. The summed E-state index contributed by atoms with van der Waals surface area (Å²) in [7, 11) is -2.34. The maximum atomic E-state index is 12.8. The smallest absolute Gasteiger partial charge is 0.412 e. The SMILES string of the molecule is CN(C(=O)O)c1cc(-c2cnc(N)c(S(=O)(=O)N3CCCC3)c2)ccn1. The van der Waals surface area contributed by atoms with E-state index < -0.39 is 16.1 Å². The van der Waals surface area contributed by atoms with Crippen molar-refractivity contribution in [3.05, 3.63) is 30.6 Å². The van der Waals surface area contributed by atoms with Gasteiger partial charge in [-0.3, -0.25) is 4.90 Å². The molecule has 1 amide bonds. The second-order valence-corrected chi connectivity index (χ2v) is 7.87. The first-order chi connectivity index (χ1) is 12.3. The number of amides is 1. The summed E-state index contributed by atoms with van der Waals surface area (Å²) in [5.74, 6) is 0.161. The van der Waals surface area contributed by atoms with E-state index in [1.54, 1.807) is 12.1 Å². The third-order valence-corrected chi connectivity index (χ3v) is 6.20. The van der Waals surface area contributed by atoms with Crippen LogP contribution in [0.25, 0.3) is 11.1 Å². The molecule has 9 nitrogen and oxygen atoms in total. The monoisotopic (exact) mass is 377 g/mol. The van der Waals surface area contributed by atoms with Gasteiger partial charge in [0.15, 0.2) is 0 Å². The van der Waals surface area contributed by atoms with Crippen LogP contribution in [0.2, 0.25) is 0 Å². The average Bonchev–Trinajstić information content (AvgIpc) is 3.17. The van der Waals surface area contributed by atoms with E-state index in [2.05, 4.69) is 9.97 Å². The second-order valence-electron chi connectivity index (χ2n) is 5.96. The summed E-state index contributed by atoms with van der Waals surface area (Å²) in [6.45, 7) is 0.934. The van der Waals surface area contributed by atoms with Crippen molar-refractivity contribution < 1.29 is 18.3 Å². The van der Waals surface area contributed by atoms with Gasteiger partial charge in [0, 0.05) is 38.1 Å². The Morgan fingerprint density at radius 3 is 2.58 bits per heavy atom. The van der Waals surface area contributed by atoms with Crippen molar-refractivity contribution in [1.82, 2.24) is 14.3 Å². The minimum atomic E-state index is -3.71. The number of pyridine rings is 2. The molecule has 0 bridgehead atoms. The van der Waals surface area contributed by atoms with Gasteiger partial charge in [0.25, 0.3) is 0 Å². The van der Waals surface area contributed by atoms with Crippen LogP contribution >= 0.6 is 0 Å². The predicted octanol–water partition coefficient (Wildman–Crippen LogP) is 1.62. The Balaban J connectivity index is 2.03.